The van der Waals surface area contributed by atoms with Crippen LogP contribution in [-0.2, 0) is 9.53 Å². The summed E-state index contributed by atoms with van der Waals surface area (Å²) in [6.07, 6.45) is -0.0743. The van der Waals surface area contributed by atoms with Crippen molar-refractivity contribution in [2.45, 2.75) is 39.8 Å². The topological polar surface area (TPSA) is 79.2 Å². The molecule has 24 heavy (non-hydrogen) atoms. The predicted molar refractivity (Wildman–Crippen MR) is 93.4 cm³/mol. The molecular weight excluding hydrogens is 376 g/mol. The third-order valence-electron chi connectivity index (χ3n) is 3.96. The van der Waals surface area contributed by atoms with E-state index in [1.807, 2.05) is 0 Å². The van der Waals surface area contributed by atoms with Gasteiger partial charge in [-0.05, 0) is 25.1 Å². The highest BCUT2D eigenvalue weighted by atomic mass is 79.9. The number of hydrogen-bond acceptors (Lipinski definition) is 5. The lowest BCUT2D eigenvalue weighted by atomic mass is 9.80. The Labute approximate surface area is 149 Å². The van der Waals surface area contributed by atoms with Crippen molar-refractivity contribution in [1.82, 2.24) is 5.01 Å². The van der Waals surface area contributed by atoms with E-state index in [1.165, 1.54) is 0 Å². The van der Waals surface area contributed by atoms with Crippen molar-refractivity contribution in [3.05, 3.63) is 34.3 Å². The average Bonchev–Trinajstić information content (AvgIpc) is 2.86. The minimum absolute atomic E-state index is 0.0395. The molecule has 1 aliphatic heterocycles. The fraction of sp³-hybridized carbons (Fsp3) is 0.471. The van der Waals surface area contributed by atoms with Crippen LogP contribution < -0.4 is 0 Å². The van der Waals surface area contributed by atoms with E-state index in [-0.39, 0.29) is 18.7 Å². The van der Waals surface area contributed by atoms with Crippen LogP contribution in [0.25, 0.3) is 0 Å². The smallest absolute Gasteiger partial charge is 0.354 e. The lowest BCUT2D eigenvalue weighted by Gasteiger charge is -2.41. The molecule has 130 valence electrons. The maximum Gasteiger partial charge on any atom is 0.354 e. The van der Waals surface area contributed by atoms with Gasteiger partial charge < -0.3 is 9.84 Å². The zero-order chi connectivity index (χ0) is 18.1. The molecule has 0 bridgehead atoms. The summed E-state index contributed by atoms with van der Waals surface area (Å²) in [5.74, 6) is -1.10. The molecule has 2 rings (SSSR count). The first-order chi connectivity index (χ1) is 11.1. The Morgan fingerprint density at radius 3 is 2.62 bits per heavy atom. The van der Waals surface area contributed by atoms with Crippen LogP contribution in [0.3, 0.4) is 0 Å². The van der Waals surface area contributed by atoms with Crippen molar-refractivity contribution < 1.29 is 19.4 Å². The number of ether oxygens (including phenoxy) is 1. The Hall–Kier alpha value is -1.73. The van der Waals surface area contributed by atoms with Crippen LogP contribution in [0.1, 0.15) is 44.5 Å². The van der Waals surface area contributed by atoms with Crippen LogP contribution in [0.2, 0.25) is 0 Å². The van der Waals surface area contributed by atoms with E-state index in [2.05, 4.69) is 21.0 Å². The first-order valence-corrected chi connectivity index (χ1v) is 8.46. The number of rotatable bonds is 3. The summed E-state index contributed by atoms with van der Waals surface area (Å²) in [6, 6.07) is 6.79. The zero-order valence-electron chi connectivity index (χ0n) is 14.2. The van der Waals surface area contributed by atoms with Crippen LogP contribution >= 0.6 is 15.9 Å². The van der Waals surface area contributed by atoms with E-state index < -0.39 is 23.0 Å². The highest BCUT2D eigenvalue weighted by Crippen LogP contribution is 2.41. The lowest BCUT2D eigenvalue weighted by molar-refractivity contribution is -0.144. The summed E-state index contributed by atoms with van der Waals surface area (Å²) in [6.45, 7) is 7.26. The number of hydrogen-bond donors (Lipinski definition) is 1. The van der Waals surface area contributed by atoms with E-state index in [0.29, 0.717) is 5.56 Å². The highest BCUT2D eigenvalue weighted by Gasteiger charge is 2.54. The molecule has 1 N–H and O–H groups in total. The number of hydrazone groups is 1. The second-order valence-corrected chi connectivity index (χ2v) is 7.55. The first-order valence-electron chi connectivity index (χ1n) is 7.67. The van der Waals surface area contributed by atoms with Gasteiger partial charge in [-0.15, -0.1) is 0 Å². The van der Waals surface area contributed by atoms with Gasteiger partial charge in [-0.3, -0.25) is 4.79 Å². The number of carbonyl (C=O) groups excluding carboxylic acids is 2. The van der Waals surface area contributed by atoms with Crippen LogP contribution in [-0.4, -0.2) is 40.0 Å². The molecule has 0 aliphatic carbocycles. The molecule has 1 atom stereocenters. The van der Waals surface area contributed by atoms with Crippen molar-refractivity contribution in [3.8, 4) is 0 Å². The monoisotopic (exact) mass is 396 g/mol. The van der Waals surface area contributed by atoms with Gasteiger partial charge in [0.1, 0.15) is 0 Å². The molecule has 1 aliphatic rings. The van der Waals surface area contributed by atoms with E-state index in [1.54, 1.807) is 52.0 Å². The summed E-state index contributed by atoms with van der Waals surface area (Å²) >= 11 is 3.32. The normalized spacial score (nSPS) is 20.8. The van der Waals surface area contributed by atoms with Gasteiger partial charge in [0.25, 0.3) is 5.91 Å². The van der Waals surface area contributed by atoms with Gasteiger partial charge >= 0.3 is 5.97 Å². The molecule has 0 fully saturated rings. The number of nitrogens with zero attached hydrogens (tertiary/aromatic N) is 2. The molecule has 0 radical (unpaired) electrons. The number of aliphatic hydroxyl groups is 1. The van der Waals surface area contributed by atoms with Gasteiger partial charge in [0.2, 0.25) is 0 Å². The molecule has 0 saturated carbocycles. The fourth-order valence-corrected chi connectivity index (χ4v) is 2.81. The minimum Gasteiger partial charge on any atom is -0.461 e. The van der Waals surface area contributed by atoms with E-state index >= 15 is 0 Å². The van der Waals surface area contributed by atoms with E-state index in [0.717, 1.165) is 9.48 Å². The highest BCUT2D eigenvalue weighted by molar-refractivity contribution is 9.10. The summed E-state index contributed by atoms with van der Waals surface area (Å²) in [5, 5.41) is 16.2. The number of benzene rings is 1. The lowest BCUT2D eigenvalue weighted by Crippen LogP contribution is -2.55. The zero-order valence-corrected chi connectivity index (χ0v) is 15.8. The summed E-state index contributed by atoms with van der Waals surface area (Å²) in [5.41, 5.74) is -1.93. The summed E-state index contributed by atoms with van der Waals surface area (Å²) in [4.78, 5) is 24.9. The van der Waals surface area contributed by atoms with Crippen LogP contribution in [0, 0.1) is 5.41 Å². The molecule has 1 heterocycles. The maximum atomic E-state index is 12.9. The Morgan fingerprint density at radius 2 is 2.08 bits per heavy atom. The molecule has 0 saturated heterocycles. The largest absolute Gasteiger partial charge is 0.461 e. The maximum absolute atomic E-state index is 12.9. The molecule has 0 unspecified atom stereocenters. The SMILES string of the molecule is CCOC(=O)C1=NN(C(=O)c2cccc(Br)c2)[C@](O)(C(C)(C)C)C1. The third-order valence-corrected chi connectivity index (χ3v) is 4.45. The third kappa shape index (κ3) is 3.37. The van der Waals surface area contributed by atoms with Gasteiger partial charge in [0.15, 0.2) is 11.4 Å². The minimum atomic E-state index is -1.62. The van der Waals surface area contributed by atoms with Gasteiger partial charge in [-0.1, -0.05) is 42.8 Å². The van der Waals surface area contributed by atoms with Crippen LogP contribution in [0.4, 0.5) is 0 Å². The van der Waals surface area contributed by atoms with Gasteiger partial charge in [-0.25, -0.2) is 4.79 Å². The second kappa shape index (κ2) is 6.64. The number of amides is 1. The Bertz CT molecular complexity index is 696. The average molecular weight is 397 g/mol. The first kappa shape index (κ1) is 18.6. The molecule has 0 aromatic heterocycles. The summed E-state index contributed by atoms with van der Waals surface area (Å²) < 4.78 is 5.70. The van der Waals surface area contributed by atoms with Crippen LogP contribution in [0.5, 0.6) is 0 Å². The standard InChI is InChI=1S/C17H21BrN2O4/c1-5-24-15(22)13-10-17(23,16(2,3)4)20(19-13)14(21)11-7-6-8-12(18)9-11/h6-9,23H,5,10H2,1-4H3/t17-/m1/s1. The van der Waals surface area contributed by atoms with Crippen molar-refractivity contribution in [3.63, 3.8) is 0 Å². The fourth-order valence-electron chi connectivity index (χ4n) is 2.41. The predicted octanol–water partition coefficient (Wildman–Crippen LogP) is 2.95. The second-order valence-electron chi connectivity index (χ2n) is 6.64. The van der Waals surface area contributed by atoms with Crippen molar-refractivity contribution >= 4 is 33.5 Å². The van der Waals surface area contributed by atoms with Gasteiger partial charge in [-0.2, -0.15) is 10.1 Å². The van der Waals surface area contributed by atoms with Crippen molar-refractivity contribution in [1.29, 1.82) is 0 Å². The van der Waals surface area contributed by atoms with Crippen molar-refractivity contribution in [2.75, 3.05) is 6.61 Å². The Balaban J connectivity index is 2.45. The number of halogens is 1. The van der Waals surface area contributed by atoms with E-state index in [9.17, 15) is 14.7 Å². The number of esters is 1. The van der Waals surface area contributed by atoms with E-state index in [4.69, 9.17) is 4.74 Å². The Kier molecular flexibility index (Phi) is 5.15. The molecule has 1 aromatic rings. The molecule has 0 spiro atoms. The summed E-state index contributed by atoms with van der Waals surface area (Å²) in [7, 11) is 0. The molecule has 1 amide bonds. The van der Waals surface area contributed by atoms with Gasteiger partial charge in [0.05, 0.1) is 6.61 Å². The van der Waals surface area contributed by atoms with Gasteiger partial charge in [0, 0.05) is 21.9 Å². The molecule has 7 heteroatoms. The quantitative estimate of drug-likeness (QED) is 0.796. The molecule has 1 aromatic carbocycles. The Morgan fingerprint density at radius 1 is 1.42 bits per heavy atom. The van der Waals surface area contributed by atoms with Crippen molar-refractivity contribution in [2.24, 2.45) is 10.5 Å². The number of carbonyl (C=O) groups is 2. The molecule has 6 nitrogen and oxygen atoms in total. The van der Waals surface area contributed by atoms with Crippen LogP contribution in [0.15, 0.2) is 33.8 Å². The molecular formula is C17H21BrN2O4.